The standard InChI is InChI=1S/C30H38ClN5O5/c1-35-25-11-10-23(18-28(37)32-13-16-36-14-3-2-4-15-36)41-27(25)19-40-26-12-9-22(17-24(26)29(35)38)34-30(39)33-21-7-5-20(31)6-8-21/h5-9,12,17,23,25,27H,2-4,10-11,13-16,18-19H2,1H3,(H,32,37)(H2,33,34,39)/t23-,25+,27-/m1/s1. The summed E-state index contributed by atoms with van der Waals surface area (Å²) in [6, 6.07) is 11.1. The highest BCUT2D eigenvalue weighted by molar-refractivity contribution is 6.30. The van der Waals surface area contributed by atoms with Crippen molar-refractivity contribution in [2.24, 2.45) is 0 Å². The molecule has 0 unspecified atom stereocenters. The highest BCUT2D eigenvalue weighted by Gasteiger charge is 2.39. The molecule has 220 valence electrons. The molecule has 0 radical (unpaired) electrons. The second kappa shape index (κ2) is 13.5. The number of urea groups is 1. The molecule has 0 spiro atoms. The molecular weight excluding hydrogens is 546 g/mol. The minimum atomic E-state index is -0.442. The maximum absolute atomic E-state index is 13.5. The monoisotopic (exact) mass is 583 g/mol. The minimum Gasteiger partial charge on any atom is -0.490 e. The van der Waals surface area contributed by atoms with E-state index in [9.17, 15) is 14.4 Å². The number of anilines is 2. The van der Waals surface area contributed by atoms with Crippen molar-refractivity contribution < 1.29 is 23.9 Å². The van der Waals surface area contributed by atoms with Gasteiger partial charge in [0.15, 0.2) is 0 Å². The number of carbonyl (C=O) groups excluding carboxylic acids is 3. The van der Waals surface area contributed by atoms with Gasteiger partial charge in [-0.2, -0.15) is 0 Å². The summed E-state index contributed by atoms with van der Waals surface area (Å²) >= 11 is 5.90. The minimum absolute atomic E-state index is 0.00729. The summed E-state index contributed by atoms with van der Waals surface area (Å²) in [7, 11) is 1.76. The third-order valence-corrected chi connectivity index (χ3v) is 8.24. The summed E-state index contributed by atoms with van der Waals surface area (Å²) in [6.45, 7) is 4.00. The van der Waals surface area contributed by atoms with E-state index in [1.54, 1.807) is 54.4 Å². The maximum atomic E-state index is 13.5. The van der Waals surface area contributed by atoms with Gasteiger partial charge < -0.3 is 35.2 Å². The van der Waals surface area contributed by atoms with Gasteiger partial charge in [-0.3, -0.25) is 9.59 Å². The zero-order valence-electron chi connectivity index (χ0n) is 23.4. The Balaban J connectivity index is 1.15. The number of benzene rings is 2. The SMILES string of the molecule is CN1C(=O)c2cc(NC(=O)Nc3ccc(Cl)cc3)ccc2OC[C@H]2O[C@@H](CC(=O)NCCN3CCCCC3)CC[C@@H]21. The van der Waals surface area contributed by atoms with Gasteiger partial charge >= 0.3 is 6.03 Å². The van der Waals surface area contributed by atoms with E-state index >= 15 is 0 Å². The second-order valence-electron chi connectivity index (χ2n) is 10.9. The van der Waals surface area contributed by atoms with Crippen molar-refractivity contribution in [3.05, 3.63) is 53.1 Å². The van der Waals surface area contributed by atoms with E-state index in [1.165, 1.54) is 19.3 Å². The van der Waals surface area contributed by atoms with Crippen LogP contribution in [0.3, 0.4) is 0 Å². The van der Waals surface area contributed by atoms with E-state index in [0.717, 1.165) is 19.6 Å². The third-order valence-electron chi connectivity index (χ3n) is 7.98. The van der Waals surface area contributed by atoms with Gasteiger partial charge in [0.25, 0.3) is 5.91 Å². The smallest absolute Gasteiger partial charge is 0.323 e. The molecule has 2 fully saturated rings. The molecule has 4 amide bonds. The Bertz CT molecular complexity index is 1240. The molecule has 3 N–H and O–H groups in total. The normalized spacial score (nSPS) is 22.8. The average molecular weight is 584 g/mol. The van der Waals surface area contributed by atoms with Crippen LogP contribution in [0.2, 0.25) is 5.02 Å². The first kappa shape index (κ1) is 29.2. The van der Waals surface area contributed by atoms with Gasteiger partial charge in [-0.25, -0.2) is 4.79 Å². The van der Waals surface area contributed by atoms with Crippen molar-refractivity contribution in [3.63, 3.8) is 0 Å². The Labute approximate surface area is 245 Å². The van der Waals surface area contributed by atoms with E-state index in [2.05, 4.69) is 20.9 Å². The molecule has 2 aromatic rings. The summed E-state index contributed by atoms with van der Waals surface area (Å²) in [5.41, 5.74) is 1.42. The first-order chi connectivity index (χ1) is 19.9. The predicted molar refractivity (Wildman–Crippen MR) is 158 cm³/mol. The van der Waals surface area contributed by atoms with E-state index in [1.807, 2.05) is 0 Å². The molecular formula is C30H38ClN5O5. The van der Waals surface area contributed by atoms with Crippen LogP contribution in [0.15, 0.2) is 42.5 Å². The third kappa shape index (κ3) is 7.69. The Kier molecular flexibility index (Phi) is 9.64. The molecule has 2 saturated heterocycles. The van der Waals surface area contributed by atoms with Gasteiger partial charge in [0.05, 0.1) is 24.1 Å². The molecule has 0 bridgehead atoms. The molecule has 3 aliphatic heterocycles. The number of rotatable bonds is 7. The fourth-order valence-corrected chi connectivity index (χ4v) is 5.87. The fourth-order valence-electron chi connectivity index (χ4n) is 5.75. The van der Waals surface area contributed by atoms with E-state index in [0.29, 0.717) is 53.5 Å². The lowest BCUT2D eigenvalue weighted by Gasteiger charge is -2.42. The maximum Gasteiger partial charge on any atom is 0.323 e. The number of hydrogen-bond acceptors (Lipinski definition) is 6. The van der Waals surface area contributed by atoms with Crippen molar-refractivity contribution in [2.45, 2.75) is 56.8 Å². The summed E-state index contributed by atoms with van der Waals surface area (Å²) in [5, 5.41) is 9.12. The molecule has 2 aromatic carbocycles. The number of piperidine rings is 1. The number of nitrogens with zero attached hydrogens (tertiary/aromatic N) is 2. The number of amides is 4. The summed E-state index contributed by atoms with van der Waals surface area (Å²) in [6.07, 6.45) is 4.87. The van der Waals surface area contributed by atoms with Crippen LogP contribution in [-0.2, 0) is 9.53 Å². The first-order valence-corrected chi connectivity index (χ1v) is 14.8. The van der Waals surface area contributed by atoms with Gasteiger partial charge in [-0.15, -0.1) is 0 Å². The topological polar surface area (TPSA) is 112 Å². The lowest BCUT2D eigenvalue weighted by atomic mass is 9.94. The zero-order valence-corrected chi connectivity index (χ0v) is 24.1. The zero-order chi connectivity index (χ0) is 28.8. The van der Waals surface area contributed by atoms with Gasteiger partial charge in [-0.1, -0.05) is 18.0 Å². The van der Waals surface area contributed by atoms with E-state index in [-0.39, 0.29) is 36.7 Å². The van der Waals surface area contributed by atoms with Crippen molar-refractivity contribution in [2.75, 3.05) is 50.5 Å². The lowest BCUT2D eigenvalue weighted by molar-refractivity contribution is -0.134. The van der Waals surface area contributed by atoms with Crippen molar-refractivity contribution >= 4 is 40.8 Å². The molecule has 0 aromatic heterocycles. The number of carbonyl (C=O) groups is 3. The molecule has 3 aliphatic rings. The Hall–Kier alpha value is -3.34. The van der Waals surface area contributed by atoms with Gasteiger partial charge in [0.2, 0.25) is 5.91 Å². The van der Waals surface area contributed by atoms with Crippen molar-refractivity contribution in [1.29, 1.82) is 0 Å². The number of hydrogen-bond donors (Lipinski definition) is 3. The molecule has 11 heteroatoms. The molecule has 5 rings (SSSR count). The molecule has 3 atom stereocenters. The molecule has 3 heterocycles. The molecule has 0 aliphatic carbocycles. The van der Waals surface area contributed by atoms with E-state index in [4.69, 9.17) is 21.1 Å². The fraction of sp³-hybridized carbons (Fsp3) is 0.500. The number of fused-ring (bicyclic) bond motifs is 2. The number of nitrogens with one attached hydrogen (secondary N) is 3. The Morgan fingerprint density at radius 3 is 2.51 bits per heavy atom. The van der Waals surface area contributed by atoms with Crippen LogP contribution < -0.4 is 20.7 Å². The van der Waals surface area contributed by atoms with Crippen LogP contribution in [0.5, 0.6) is 5.75 Å². The number of likely N-dealkylation sites (tertiary alicyclic amines) is 1. The summed E-state index contributed by atoms with van der Waals surface area (Å²) in [4.78, 5) is 42.7. The van der Waals surface area contributed by atoms with Gasteiger partial charge in [-0.05, 0) is 81.2 Å². The largest absolute Gasteiger partial charge is 0.490 e. The van der Waals surface area contributed by atoms with Crippen LogP contribution in [0, 0.1) is 0 Å². The van der Waals surface area contributed by atoms with Crippen LogP contribution in [-0.4, -0.2) is 85.7 Å². The summed E-state index contributed by atoms with van der Waals surface area (Å²) < 4.78 is 12.4. The average Bonchev–Trinajstić information content (AvgIpc) is 2.97. The van der Waals surface area contributed by atoms with Gasteiger partial charge in [0, 0.05) is 36.5 Å². The molecule has 41 heavy (non-hydrogen) atoms. The highest BCUT2D eigenvalue weighted by Crippen LogP contribution is 2.32. The Morgan fingerprint density at radius 1 is 1.00 bits per heavy atom. The first-order valence-electron chi connectivity index (χ1n) is 14.4. The number of ether oxygens (including phenoxy) is 2. The lowest BCUT2D eigenvalue weighted by Crippen LogP contribution is -2.54. The van der Waals surface area contributed by atoms with Crippen LogP contribution in [0.4, 0.5) is 16.2 Å². The van der Waals surface area contributed by atoms with Crippen molar-refractivity contribution in [3.8, 4) is 5.75 Å². The van der Waals surface area contributed by atoms with E-state index < -0.39 is 6.03 Å². The molecule has 0 saturated carbocycles. The van der Waals surface area contributed by atoms with Crippen LogP contribution >= 0.6 is 11.6 Å². The Morgan fingerprint density at radius 2 is 1.73 bits per heavy atom. The number of likely N-dealkylation sites (N-methyl/N-ethyl adjacent to an activating group) is 1. The number of halogens is 1. The highest BCUT2D eigenvalue weighted by atomic mass is 35.5. The summed E-state index contributed by atoms with van der Waals surface area (Å²) in [5.74, 6) is 0.200. The van der Waals surface area contributed by atoms with Crippen molar-refractivity contribution in [1.82, 2.24) is 15.1 Å². The van der Waals surface area contributed by atoms with Crippen LogP contribution in [0.25, 0.3) is 0 Å². The quantitative estimate of drug-likeness (QED) is 0.447. The second-order valence-corrected chi connectivity index (χ2v) is 11.4. The van der Waals surface area contributed by atoms with Gasteiger partial charge in [0.1, 0.15) is 18.5 Å². The molecule has 10 nitrogen and oxygen atoms in total. The predicted octanol–water partition coefficient (Wildman–Crippen LogP) is 4.36. The van der Waals surface area contributed by atoms with Crippen LogP contribution in [0.1, 0.15) is 48.9 Å².